The van der Waals surface area contributed by atoms with Crippen LogP contribution in [0.3, 0.4) is 0 Å². The van der Waals surface area contributed by atoms with E-state index in [1.807, 2.05) is 31.2 Å². The minimum Gasteiger partial charge on any atom is -0.375 e. The van der Waals surface area contributed by atoms with E-state index in [-0.39, 0.29) is 12.2 Å². The molecule has 2 atom stereocenters. The van der Waals surface area contributed by atoms with Gasteiger partial charge in [-0.15, -0.1) is 11.3 Å². The molecule has 1 saturated heterocycles. The van der Waals surface area contributed by atoms with Crippen LogP contribution in [0.4, 0.5) is 5.69 Å². The lowest BCUT2D eigenvalue weighted by molar-refractivity contribution is -0.136. The summed E-state index contributed by atoms with van der Waals surface area (Å²) >= 11 is 1.40. The molecule has 6 heteroatoms. The van der Waals surface area contributed by atoms with Gasteiger partial charge in [0.1, 0.15) is 0 Å². The third-order valence-corrected chi connectivity index (χ3v) is 6.98. The number of aryl methyl sites for hydroxylation is 1. The molecule has 0 radical (unpaired) electrons. The number of benzene rings is 1. The lowest BCUT2D eigenvalue weighted by Crippen LogP contribution is -2.49. The summed E-state index contributed by atoms with van der Waals surface area (Å²) in [6.45, 7) is 5.51. The van der Waals surface area contributed by atoms with E-state index in [0.717, 1.165) is 24.3 Å². The molecule has 5 nitrogen and oxygen atoms in total. The van der Waals surface area contributed by atoms with Crippen LogP contribution in [0, 0.1) is 6.92 Å². The standard InChI is InChI=1S/C22H26N2O3S/c1-15-7-5-6-12-23(15)14-24-18-9-4-3-8-17(18)22(27,21(24)26)13-19(25)20-11-10-16(2)28-20/h3-4,8-11,15,27H,5-7,12-14H2,1-2H3. The SMILES string of the molecule is Cc1ccc(C(=O)CC2(O)C(=O)N(CN3CCCCC3C)c3ccccc32)s1. The molecule has 0 bridgehead atoms. The second-order valence-electron chi connectivity index (χ2n) is 7.92. The average molecular weight is 399 g/mol. The van der Waals surface area contributed by atoms with Gasteiger partial charge in [0.05, 0.1) is 23.7 Å². The van der Waals surface area contributed by atoms with Gasteiger partial charge in [-0.25, -0.2) is 0 Å². The predicted molar refractivity (Wildman–Crippen MR) is 111 cm³/mol. The number of carbonyl (C=O) groups excluding carboxylic acids is 2. The highest BCUT2D eigenvalue weighted by Crippen LogP contribution is 2.43. The van der Waals surface area contributed by atoms with Gasteiger partial charge < -0.3 is 5.11 Å². The molecule has 1 N–H and O–H groups in total. The minimum absolute atomic E-state index is 0.197. The number of fused-ring (bicyclic) bond motifs is 1. The zero-order valence-electron chi connectivity index (χ0n) is 16.4. The van der Waals surface area contributed by atoms with Crippen molar-refractivity contribution in [1.82, 2.24) is 4.90 Å². The number of Topliss-reactive ketones (excluding diaryl/α,β-unsaturated/α-hetero) is 1. The highest BCUT2D eigenvalue weighted by Gasteiger charge is 2.51. The Morgan fingerprint density at radius 3 is 2.75 bits per heavy atom. The van der Waals surface area contributed by atoms with Crippen molar-refractivity contribution in [3.8, 4) is 0 Å². The first kappa shape index (κ1) is 19.3. The summed E-state index contributed by atoms with van der Waals surface area (Å²) in [5.74, 6) is -0.593. The molecule has 0 spiro atoms. The fourth-order valence-electron chi connectivity index (χ4n) is 4.27. The number of ketones is 1. The van der Waals surface area contributed by atoms with E-state index in [2.05, 4.69) is 11.8 Å². The molecule has 2 aromatic rings. The van der Waals surface area contributed by atoms with E-state index in [9.17, 15) is 14.7 Å². The highest BCUT2D eigenvalue weighted by molar-refractivity contribution is 7.14. The normalized spacial score (nSPS) is 25.2. The highest BCUT2D eigenvalue weighted by atomic mass is 32.1. The number of nitrogens with zero attached hydrogens (tertiary/aromatic N) is 2. The number of anilines is 1. The van der Waals surface area contributed by atoms with Crippen molar-refractivity contribution >= 4 is 28.7 Å². The zero-order chi connectivity index (χ0) is 19.9. The maximum absolute atomic E-state index is 13.3. The molecule has 1 amide bonds. The Balaban J connectivity index is 1.63. The predicted octanol–water partition coefficient (Wildman–Crippen LogP) is 3.70. The van der Waals surface area contributed by atoms with Crippen LogP contribution < -0.4 is 4.90 Å². The summed E-state index contributed by atoms with van der Waals surface area (Å²) in [7, 11) is 0. The third-order valence-electron chi connectivity index (χ3n) is 5.93. The van der Waals surface area contributed by atoms with Crippen molar-refractivity contribution in [3.63, 3.8) is 0 Å². The van der Waals surface area contributed by atoms with Gasteiger partial charge in [0.25, 0.3) is 5.91 Å². The van der Waals surface area contributed by atoms with Gasteiger partial charge in [-0.05, 0) is 44.9 Å². The quantitative estimate of drug-likeness (QED) is 0.781. The van der Waals surface area contributed by atoms with Crippen LogP contribution in [-0.4, -0.2) is 41.0 Å². The molecular formula is C22H26N2O3S. The maximum atomic E-state index is 13.3. The Morgan fingerprint density at radius 1 is 1.25 bits per heavy atom. The summed E-state index contributed by atoms with van der Waals surface area (Å²) in [6.07, 6.45) is 3.22. The summed E-state index contributed by atoms with van der Waals surface area (Å²) in [6, 6.07) is 11.4. The van der Waals surface area contributed by atoms with Crippen molar-refractivity contribution in [2.45, 2.75) is 51.2 Å². The fraction of sp³-hybridized carbons (Fsp3) is 0.455. The average Bonchev–Trinajstić information content (AvgIpc) is 3.20. The Hall–Kier alpha value is -2.02. The van der Waals surface area contributed by atoms with Crippen LogP contribution in [0.1, 0.15) is 52.7 Å². The molecule has 148 valence electrons. The number of hydrogen-bond donors (Lipinski definition) is 1. The molecule has 1 aromatic heterocycles. The molecule has 28 heavy (non-hydrogen) atoms. The Labute approximate surface area is 169 Å². The molecule has 2 unspecified atom stereocenters. The van der Waals surface area contributed by atoms with Crippen LogP contribution in [0.25, 0.3) is 0 Å². The molecule has 3 heterocycles. The Morgan fingerprint density at radius 2 is 2.04 bits per heavy atom. The topological polar surface area (TPSA) is 60.9 Å². The Kier molecular flexibility index (Phi) is 5.12. The van der Waals surface area contributed by atoms with Gasteiger partial charge in [-0.2, -0.15) is 0 Å². The zero-order valence-corrected chi connectivity index (χ0v) is 17.2. The second kappa shape index (κ2) is 7.43. The molecule has 4 rings (SSSR count). The molecule has 1 fully saturated rings. The molecule has 2 aliphatic rings. The van der Waals surface area contributed by atoms with Crippen molar-refractivity contribution in [2.75, 3.05) is 18.1 Å². The number of para-hydroxylation sites is 1. The summed E-state index contributed by atoms with van der Waals surface area (Å²) in [4.78, 5) is 31.7. The lowest BCUT2D eigenvalue weighted by atomic mass is 9.89. The van der Waals surface area contributed by atoms with Gasteiger partial charge in [0, 0.05) is 23.0 Å². The van der Waals surface area contributed by atoms with Crippen molar-refractivity contribution < 1.29 is 14.7 Å². The number of thiophene rings is 1. The minimum atomic E-state index is -1.80. The Bertz CT molecular complexity index is 909. The van der Waals surface area contributed by atoms with Crippen LogP contribution in [0.15, 0.2) is 36.4 Å². The second-order valence-corrected chi connectivity index (χ2v) is 9.21. The van der Waals surface area contributed by atoms with Gasteiger partial charge in [-0.3, -0.25) is 19.4 Å². The number of aliphatic hydroxyl groups is 1. The van der Waals surface area contributed by atoms with Crippen LogP contribution in [0.2, 0.25) is 0 Å². The van der Waals surface area contributed by atoms with Gasteiger partial charge in [0.2, 0.25) is 0 Å². The number of carbonyl (C=O) groups is 2. The van der Waals surface area contributed by atoms with E-state index in [1.165, 1.54) is 17.8 Å². The van der Waals surface area contributed by atoms with E-state index >= 15 is 0 Å². The van der Waals surface area contributed by atoms with Crippen LogP contribution in [0.5, 0.6) is 0 Å². The summed E-state index contributed by atoms with van der Waals surface area (Å²) in [5, 5.41) is 11.4. The molecule has 1 aromatic carbocycles. The number of likely N-dealkylation sites (tertiary alicyclic amines) is 1. The van der Waals surface area contributed by atoms with E-state index in [1.54, 1.807) is 17.0 Å². The number of hydrogen-bond acceptors (Lipinski definition) is 5. The van der Waals surface area contributed by atoms with Gasteiger partial charge in [0.15, 0.2) is 11.4 Å². The first-order valence-corrected chi connectivity index (χ1v) is 10.7. The number of amides is 1. The molecule has 0 aliphatic carbocycles. The van der Waals surface area contributed by atoms with Crippen molar-refractivity contribution in [3.05, 3.63) is 51.7 Å². The fourth-order valence-corrected chi connectivity index (χ4v) is 5.08. The third kappa shape index (κ3) is 3.30. The van der Waals surface area contributed by atoms with Gasteiger partial charge in [-0.1, -0.05) is 24.6 Å². The van der Waals surface area contributed by atoms with E-state index in [4.69, 9.17) is 0 Å². The van der Waals surface area contributed by atoms with Crippen LogP contribution >= 0.6 is 11.3 Å². The van der Waals surface area contributed by atoms with Gasteiger partial charge >= 0.3 is 0 Å². The maximum Gasteiger partial charge on any atom is 0.265 e. The number of rotatable bonds is 5. The molecular weight excluding hydrogens is 372 g/mol. The largest absolute Gasteiger partial charge is 0.375 e. The lowest BCUT2D eigenvalue weighted by Gasteiger charge is -2.36. The van der Waals surface area contributed by atoms with Crippen LogP contribution in [-0.2, 0) is 10.4 Å². The summed E-state index contributed by atoms with van der Waals surface area (Å²) < 4.78 is 0. The first-order valence-electron chi connectivity index (χ1n) is 9.87. The van der Waals surface area contributed by atoms with E-state index in [0.29, 0.717) is 28.8 Å². The van der Waals surface area contributed by atoms with E-state index < -0.39 is 11.5 Å². The summed E-state index contributed by atoms with van der Waals surface area (Å²) in [5.41, 5.74) is -0.556. The monoisotopic (exact) mass is 398 g/mol. The smallest absolute Gasteiger partial charge is 0.265 e. The first-order chi connectivity index (χ1) is 13.4. The molecule has 2 aliphatic heterocycles. The number of piperidine rings is 1. The van der Waals surface area contributed by atoms with Crippen molar-refractivity contribution in [1.29, 1.82) is 0 Å². The molecule has 0 saturated carbocycles. The van der Waals surface area contributed by atoms with Crippen molar-refractivity contribution in [2.24, 2.45) is 0 Å².